The minimum Gasteiger partial charge on any atom is -0.373 e. The summed E-state index contributed by atoms with van der Waals surface area (Å²) in [6.07, 6.45) is -3.34. The van der Waals surface area contributed by atoms with E-state index >= 15 is 0 Å². The molecule has 0 spiro atoms. The Balaban J connectivity index is 1.50. The normalized spacial score (nSPS) is 25.7. The molecule has 0 aliphatic carbocycles. The van der Waals surface area contributed by atoms with Gasteiger partial charge in [0.25, 0.3) is 11.4 Å². The van der Waals surface area contributed by atoms with Crippen LogP contribution in [0.2, 0.25) is 0 Å². The Morgan fingerprint density at radius 2 is 1.73 bits per heavy atom. The number of azide groups is 1. The molecule has 0 bridgehead atoms. The molecule has 14 heteroatoms. The summed E-state index contributed by atoms with van der Waals surface area (Å²) in [5.41, 5.74) is 10.0. The molecule has 3 aromatic carbocycles. The van der Waals surface area contributed by atoms with Crippen LogP contribution in [0.3, 0.4) is 0 Å². The number of benzene rings is 3. The number of hydrogen-bond donors (Lipinski definition) is 1. The molecule has 2 aliphatic rings. The zero-order valence-corrected chi connectivity index (χ0v) is 20.9. The third kappa shape index (κ3) is 5.86. The summed E-state index contributed by atoms with van der Waals surface area (Å²) in [5, 5.41) is 30.1. The highest BCUT2D eigenvalue weighted by atomic mass is 16.7. The molecule has 6 atom stereocenters. The minimum atomic E-state index is -1.06. The number of anilines is 1. The monoisotopic (exact) mass is 548 g/mol. The number of nitrogens with zero attached hydrogens (tertiary/aromatic N) is 5. The second-order valence-electron chi connectivity index (χ2n) is 9.10. The van der Waals surface area contributed by atoms with E-state index in [4.69, 9.17) is 18.9 Å². The molecule has 2 aliphatic heterocycles. The molecule has 2 fully saturated rings. The topological polar surface area (TPSA) is 184 Å². The number of ether oxygens (including phenoxy) is 4. The van der Waals surface area contributed by atoms with Crippen LogP contribution in [-0.2, 0) is 25.6 Å². The molecule has 0 radical (unpaired) electrons. The molecule has 2 heterocycles. The summed E-state index contributed by atoms with van der Waals surface area (Å²) >= 11 is 0. The average molecular weight is 549 g/mol. The Hall–Kier alpha value is -4.59. The van der Waals surface area contributed by atoms with Crippen molar-refractivity contribution in [1.82, 2.24) is 0 Å². The van der Waals surface area contributed by atoms with E-state index in [0.29, 0.717) is 0 Å². The van der Waals surface area contributed by atoms with Gasteiger partial charge in [-0.05, 0) is 17.2 Å². The molecule has 2 saturated heterocycles. The van der Waals surface area contributed by atoms with Crippen LogP contribution in [0.25, 0.3) is 10.4 Å². The smallest absolute Gasteiger partial charge is 0.299 e. The Kier molecular flexibility index (Phi) is 8.15. The van der Waals surface area contributed by atoms with Crippen molar-refractivity contribution in [2.24, 2.45) is 5.11 Å². The average Bonchev–Trinajstić information content (AvgIpc) is 2.98. The van der Waals surface area contributed by atoms with Crippen LogP contribution in [-0.4, -0.2) is 47.0 Å². The molecule has 5 rings (SSSR count). The highest BCUT2D eigenvalue weighted by Gasteiger charge is 2.50. The maximum atomic E-state index is 11.8. The van der Waals surface area contributed by atoms with Gasteiger partial charge in [-0.3, -0.25) is 20.2 Å². The Morgan fingerprint density at radius 3 is 2.40 bits per heavy atom. The molecule has 206 valence electrons. The first-order chi connectivity index (χ1) is 19.4. The van der Waals surface area contributed by atoms with Crippen LogP contribution in [0, 0.1) is 20.2 Å². The third-order valence-electron chi connectivity index (χ3n) is 6.59. The van der Waals surface area contributed by atoms with Gasteiger partial charge in [-0.15, -0.1) is 0 Å². The summed E-state index contributed by atoms with van der Waals surface area (Å²) in [6, 6.07) is 19.8. The largest absolute Gasteiger partial charge is 0.373 e. The Morgan fingerprint density at radius 1 is 1.00 bits per heavy atom. The Bertz CT molecular complexity index is 1400. The molecule has 14 nitrogen and oxygen atoms in total. The highest BCUT2D eigenvalue weighted by Crippen LogP contribution is 2.38. The fourth-order valence-corrected chi connectivity index (χ4v) is 4.71. The van der Waals surface area contributed by atoms with Gasteiger partial charge in [-0.25, -0.2) is 0 Å². The van der Waals surface area contributed by atoms with Crippen molar-refractivity contribution in [3.63, 3.8) is 0 Å². The summed E-state index contributed by atoms with van der Waals surface area (Å²) < 4.78 is 24.4. The van der Waals surface area contributed by atoms with Crippen LogP contribution >= 0.6 is 0 Å². The zero-order chi connectivity index (χ0) is 28.1. The first-order valence-corrected chi connectivity index (χ1v) is 12.3. The molecular weight excluding hydrogens is 524 g/mol. The minimum absolute atomic E-state index is 0.0208. The van der Waals surface area contributed by atoms with Gasteiger partial charge in [0.1, 0.15) is 23.9 Å². The van der Waals surface area contributed by atoms with Crippen LogP contribution in [0.1, 0.15) is 17.4 Å². The number of nitro groups is 2. The molecule has 0 aromatic heterocycles. The van der Waals surface area contributed by atoms with Crippen LogP contribution in [0.5, 0.6) is 0 Å². The van der Waals surface area contributed by atoms with Gasteiger partial charge in [-0.1, -0.05) is 65.8 Å². The highest BCUT2D eigenvalue weighted by molar-refractivity contribution is 5.66. The van der Waals surface area contributed by atoms with Gasteiger partial charge in [0.2, 0.25) is 0 Å². The predicted molar refractivity (Wildman–Crippen MR) is 140 cm³/mol. The van der Waals surface area contributed by atoms with Gasteiger partial charge < -0.3 is 24.3 Å². The van der Waals surface area contributed by atoms with E-state index in [1.165, 1.54) is 6.07 Å². The lowest BCUT2D eigenvalue weighted by Gasteiger charge is -2.48. The maximum Gasteiger partial charge on any atom is 0.299 e. The summed E-state index contributed by atoms with van der Waals surface area (Å²) in [5.74, 6) is 0. The third-order valence-corrected chi connectivity index (χ3v) is 6.59. The van der Waals surface area contributed by atoms with E-state index in [1.54, 1.807) is 0 Å². The second-order valence-corrected chi connectivity index (χ2v) is 9.10. The van der Waals surface area contributed by atoms with Gasteiger partial charge in [0.15, 0.2) is 12.6 Å². The van der Waals surface area contributed by atoms with Crippen LogP contribution in [0.15, 0.2) is 84.0 Å². The van der Waals surface area contributed by atoms with E-state index in [-0.39, 0.29) is 18.9 Å². The quantitative estimate of drug-likeness (QED) is 0.126. The molecule has 40 heavy (non-hydrogen) atoms. The van der Waals surface area contributed by atoms with E-state index < -0.39 is 58.1 Å². The molecule has 1 unspecified atom stereocenters. The van der Waals surface area contributed by atoms with Crippen molar-refractivity contribution >= 4 is 17.1 Å². The molecule has 3 aromatic rings. The van der Waals surface area contributed by atoms with Crippen LogP contribution in [0.4, 0.5) is 17.1 Å². The van der Waals surface area contributed by atoms with Crippen LogP contribution < -0.4 is 5.32 Å². The van der Waals surface area contributed by atoms with Gasteiger partial charge >= 0.3 is 0 Å². The van der Waals surface area contributed by atoms with Gasteiger partial charge in [0.05, 0.1) is 35.2 Å². The predicted octanol–water partition coefficient (Wildman–Crippen LogP) is 5.02. The summed E-state index contributed by atoms with van der Waals surface area (Å²) in [6.45, 7) is 0.234. The van der Waals surface area contributed by atoms with Crippen molar-refractivity contribution in [2.45, 2.75) is 43.5 Å². The fraction of sp³-hybridized carbons (Fsp3) is 0.308. The first-order valence-electron chi connectivity index (χ1n) is 12.3. The number of non-ortho nitro benzene ring substituents is 1. The van der Waals surface area contributed by atoms with Crippen molar-refractivity contribution in [3.8, 4) is 0 Å². The lowest BCUT2D eigenvalue weighted by atomic mass is 9.93. The molecule has 0 amide bonds. The van der Waals surface area contributed by atoms with E-state index in [1.807, 2.05) is 60.7 Å². The number of rotatable bonds is 9. The van der Waals surface area contributed by atoms with Crippen molar-refractivity contribution in [2.75, 3.05) is 11.9 Å². The molecule has 1 N–H and O–H groups in total. The van der Waals surface area contributed by atoms with Crippen molar-refractivity contribution < 1.29 is 28.8 Å². The summed E-state index contributed by atoms with van der Waals surface area (Å²) in [7, 11) is 0. The lowest BCUT2D eigenvalue weighted by molar-refractivity contribution is -0.393. The SMILES string of the molecule is [N-]=[N+]=N[C@@H]1[C@@H](OCc2ccccc2)O[C@@H]2COC(c3ccccc3)O[C@H]2[C@H]1Nc1ccc([N+](=O)[O-])cc1[N+](=O)[O-]. The number of fused-ring (bicyclic) bond motifs is 1. The Labute approximate surface area is 227 Å². The van der Waals surface area contributed by atoms with E-state index in [9.17, 15) is 25.8 Å². The van der Waals surface area contributed by atoms with Crippen molar-refractivity contribution in [1.29, 1.82) is 0 Å². The second kappa shape index (κ2) is 12.1. The van der Waals surface area contributed by atoms with Gasteiger partial charge in [-0.2, -0.15) is 0 Å². The zero-order valence-electron chi connectivity index (χ0n) is 20.9. The van der Waals surface area contributed by atoms with Crippen molar-refractivity contribution in [3.05, 3.63) is 121 Å². The number of nitrogens with one attached hydrogen (secondary N) is 1. The number of nitro benzene ring substituents is 2. The maximum absolute atomic E-state index is 11.8. The molecular formula is C26H24N6O8. The fourth-order valence-electron chi connectivity index (χ4n) is 4.71. The van der Waals surface area contributed by atoms with E-state index in [2.05, 4.69) is 15.3 Å². The lowest BCUT2D eigenvalue weighted by Crippen LogP contribution is -2.64. The van der Waals surface area contributed by atoms with E-state index in [0.717, 1.165) is 23.3 Å². The summed E-state index contributed by atoms with van der Waals surface area (Å²) in [4.78, 5) is 24.6. The van der Waals surface area contributed by atoms with Gasteiger partial charge in [0, 0.05) is 16.5 Å². The first kappa shape index (κ1) is 27.0. The molecule has 0 saturated carbocycles. The number of hydrogen-bond acceptors (Lipinski definition) is 10. The standard InChI is InChI=1S/C26H24N6O8/c27-30-29-23-22(28-19-12-11-18(31(33)34)13-20(19)32(35)36)24-21(15-38-25(40-24)17-9-5-2-6-10-17)39-26(23)37-14-16-7-3-1-4-8-16/h1-13,21-26,28H,14-15H2/t21-,22+,23+,24-,25?,26+/m1/s1.